The summed E-state index contributed by atoms with van der Waals surface area (Å²) < 4.78 is 11.6. The second-order valence-corrected chi connectivity index (χ2v) is 2.95. The van der Waals surface area contributed by atoms with Crippen molar-refractivity contribution in [1.29, 1.82) is 0 Å². The van der Waals surface area contributed by atoms with Crippen molar-refractivity contribution in [1.82, 2.24) is 0 Å². The Balaban J connectivity index is 2.37. The molecule has 0 aromatic rings. The summed E-state index contributed by atoms with van der Waals surface area (Å²) in [7, 11) is 0. The van der Waals surface area contributed by atoms with E-state index < -0.39 is 5.60 Å². The average Bonchev–Trinajstić information content (AvgIpc) is 2.44. The van der Waals surface area contributed by atoms with E-state index >= 15 is 0 Å². The zero-order valence-electron chi connectivity index (χ0n) is 5.28. The molecule has 48 valence electrons. The second kappa shape index (κ2) is 1.69. The highest BCUT2D eigenvalue weighted by atomic mass is 19.3. The molecule has 1 saturated carbocycles. The van der Waals surface area contributed by atoms with Gasteiger partial charge in [-0.15, -0.1) is 0 Å². The third-order valence-corrected chi connectivity index (χ3v) is 1.76. The number of hydrogen-bond donors (Lipinski definition) is 0. The van der Waals surface area contributed by atoms with Gasteiger partial charge in [0.15, 0.2) is 0 Å². The molecule has 0 aliphatic heterocycles. The molecule has 1 fully saturated rings. The van der Waals surface area contributed by atoms with Crippen molar-refractivity contribution >= 4 is 0 Å². The molecule has 0 bridgehead atoms. The van der Waals surface area contributed by atoms with Crippen LogP contribution in [0, 0.1) is 5.92 Å². The fraction of sp³-hybridized carbons (Fsp3) is 1.00. The van der Waals surface area contributed by atoms with Gasteiger partial charge in [0.25, 0.3) is 0 Å². The minimum atomic E-state index is -0.514. The van der Waals surface area contributed by atoms with E-state index in [1.807, 2.05) is 0 Å². The lowest BCUT2D eigenvalue weighted by atomic mass is 10.0. The minimum absolute atomic E-state index is 0.465. The molecule has 0 aromatic heterocycles. The van der Waals surface area contributed by atoms with Gasteiger partial charge in [-0.2, -0.15) is 4.94 Å². The first kappa shape index (κ1) is 6.02. The lowest BCUT2D eigenvalue weighted by Crippen LogP contribution is -2.22. The molecule has 1 aliphatic rings. The van der Waals surface area contributed by atoms with E-state index in [4.69, 9.17) is 0 Å². The van der Waals surface area contributed by atoms with Crippen molar-refractivity contribution in [3.05, 3.63) is 0 Å². The molecule has 2 heteroatoms. The van der Waals surface area contributed by atoms with Gasteiger partial charge in [-0.25, -0.2) is 0 Å². The first-order valence-electron chi connectivity index (χ1n) is 2.96. The fourth-order valence-corrected chi connectivity index (χ4v) is 0.842. The summed E-state index contributed by atoms with van der Waals surface area (Å²) in [4.78, 5) is 3.76. The van der Waals surface area contributed by atoms with Crippen molar-refractivity contribution in [3.63, 3.8) is 0 Å². The molecule has 8 heavy (non-hydrogen) atoms. The van der Waals surface area contributed by atoms with Crippen LogP contribution in [0.5, 0.6) is 0 Å². The summed E-state index contributed by atoms with van der Waals surface area (Å²) in [6.45, 7) is 3.56. The van der Waals surface area contributed by atoms with Gasteiger partial charge in [0.05, 0.1) is 0 Å². The molecule has 1 rings (SSSR count). The maximum Gasteiger partial charge on any atom is 0.106 e. The topological polar surface area (TPSA) is 9.23 Å². The molecule has 0 atom stereocenters. The highest BCUT2D eigenvalue weighted by molar-refractivity contribution is 4.88. The van der Waals surface area contributed by atoms with E-state index in [0.717, 1.165) is 12.8 Å². The molecule has 0 unspecified atom stereocenters. The van der Waals surface area contributed by atoms with Crippen LogP contribution < -0.4 is 0 Å². The van der Waals surface area contributed by atoms with E-state index in [-0.39, 0.29) is 0 Å². The number of halogens is 1. The maximum atomic E-state index is 11.6. The van der Waals surface area contributed by atoms with Crippen LogP contribution >= 0.6 is 0 Å². The molecule has 0 heterocycles. The Labute approximate surface area is 48.7 Å². The Morgan fingerprint density at radius 3 is 2.12 bits per heavy atom. The standard InChI is InChI=1S/C6H11FO/c1-6(2,8-7)5-3-4-5/h5H,3-4H2,1-2H3. The fourth-order valence-electron chi connectivity index (χ4n) is 0.842. The monoisotopic (exact) mass is 118 g/mol. The van der Waals surface area contributed by atoms with Crippen molar-refractivity contribution < 1.29 is 9.47 Å². The van der Waals surface area contributed by atoms with Crippen LogP contribution in [-0.2, 0) is 4.94 Å². The van der Waals surface area contributed by atoms with Gasteiger partial charge in [-0.1, -0.05) is 0 Å². The van der Waals surface area contributed by atoms with Crippen molar-refractivity contribution in [2.45, 2.75) is 32.3 Å². The van der Waals surface area contributed by atoms with Crippen LogP contribution in [0.2, 0.25) is 0 Å². The molecule has 0 saturated heterocycles. The minimum Gasteiger partial charge on any atom is -0.188 e. The quantitative estimate of drug-likeness (QED) is 0.539. The summed E-state index contributed by atoms with van der Waals surface area (Å²) >= 11 is 0. The molecule has 1 aliphatic carbocycles. The van der Waals surface area contributed by atoms with Crippen LogP contribution in [0.4, 0.5) is 4.53 Å². The van der Waals surface area contributed by atoms with E-state index in [9.17, 15) is 4.53 Å². The second-order valence-electron chi connectivity index (χ2n) is 2.95. The van der Waals surface area contributed by atoms with Crippen LogP contribution in [0.25, 0.3) is 0 Å². The van der Waals surface area contributed by atoms with Crippen LogP contribution in [0.3, 0.4) is 0 Å². The van der Waals surface area contributed by atoms with Gasteiger partial charge >= 0.3 is 0 Å². The van der Waals surface area contributed by atoms with E-state index in [2.05, 4.69) is 4.94 Å². The molecule has 0 N–H and O–H groups in total. The van der Waals surface area contributed by atoms with Crippen molar-refractivity contribution in [2.75, 3.05) is 0 Å². The molecule has 0 amide bonds. The third-order valence-electron chi connectivity index (χ3n) is 1.76. The van der Waals surface area contributed by atoms with Crippen LogP contribution in [0.15, 0.2) is 0 Å². The predicted octanol–water partition coefficient (Wildman–Crippen LogP) is 2.08. The van der Waals surface area contributed by atoms with Crippen LogP contribution in [0.1, 0.15) is 26.7 Å². The van der Waals surface area contributed by atoms with E-state index in [1.165, 1.54) is 0 Å². The summed E-state index contributed by atoms with van der Waals surface area (Å²) in [5.41, 5.74) is -0.514. The summed E-state index contributed by atoms with van der Waals surface area (Å²) in [6, 6.07) is 0. The molecular weight excluding hydrogens is 107 g/mol. The molecular formula is C6H11FO. The Morgan fingerprint density at radius 1 is 1.50 bits per heavy atom. The molecule has 0 aromatic carbocycles. The highest BCUT2D eigenvalue weighted by Crippen LogP contribution is 2.41. The predicted molar refractivity (Wildman–Crippen MR) is 29.0 cm³/mol. The van der Waals surface area contributed by atoms with Crippen LogP contribution in [-0.4, -0.2) is 5.60 Å². The van der Waals surface area contributed by atoms with Gasteiger partial charge in [-0.05, 0) is 37.1 Å². The normalized spacial score (nSPS) is 21.4. The van der Waals surface area contributed by atoms with E-state index in [0.29, 0.717) is 5.92 Å². The Kier molecular flexibility index (Phi) is 1.27. The largest absolute Gasteiger partial charge is 0.188 e. The maximum absolute atomic E-state index is 11.6. The Hall–Kier alpha value is -0.110. The summed E-state index contributed by atoms with van der Waals surface area (Å²) in [5.74, 6) is 0.465. The van der Waals surface area contributed by atoms with Crippen molar-refractivity contribution in [3.8, 4) is 0 Å². The van der Waals surface area contributed by atoms with E-state index in [1.54, 1.807) is 13.8 Å². The lowest BCUT2D eigenvalue weighted by molar-refractivity contribution is -0.230. The smallest absolute Gasteiger partial charge is 0.106 e. The Morgan fingerprint density at radius 2 is 2.00 bits per heavy atom. The summed E-state index contributed by atoms with van der Waals surface area (Å²) in [5, 5.41) is 0. The van der Waals surface area contributed by atoms with Gasteiger partial charge in [-0.3, -0.25) is 0 Å². The Bertz CT molecular complexity index is 86.5. The van der Waals surface area contributed by atoms with Crippen molar-refractivity contribution in [2.24, 2.45) is 5.92 Å². The lowest BCUT2D eigenvalue weighted by Gasteiger charge is -2.16. The third kappa shape index (κ3) is 0.996. The molecule has 0 spiro atoms. The van der Waals surface area contributed by atoms with Gasteiger partial charge in [0, 0.05) is 0 Å². The first-order valence-corrected chi connectivity index (χ1v) is 2.96. The van der Waals surface area contributed by atoms with Gasteiger partial charge in [0.1, 0.15) is 5.60 Å². The molecule has 0 radical (unpaired) electrons. The zero-order valence-corrected chi connectivity index (χ0v) is 5.28. The first-order chi connectivity index (χ1) is 3.67. The summed E-state index contributed by atoms with van der Waals surface area (Å²) in [6.07, 6.45) is 2.24. The zero-order chi connectivity index (χ0) is 6.20. The highest BCUT2D eigenvalue weighted by Gasteiger charge is 2.39. The SMILES string of the molecule is CC(C)(OF)C1CC1. The van der Waals surface area contributed by atoms with Gasteiger partial charge in [0.2, 0.25) is 0 Å². The molecule has 1 nitrogen and oxygen atoms in total. The number of rotatable bonds is 2. The number of hydrogen-bond acceptors (Lipinski definition) is 1. The average molecular weight is 118 g/mol. The van der Waals surface area contributed by atoms with Gasteiger partial charge < -0.3 is 0 Å².